The van der Waals surface area contributed by atoms with E-state index in [9.17, 15) is 4.79 Å². The molecule has 3 rings (SSSR count). The lowest BCUT2D eigenvalue weighted by molar-refractivity contribution is -0.120. The molecule has 0 saturated heterocycles. The average molecular weight is 451 g/mol. The zero-order valence-corrected chi connectivity index (χ0v) is 16.8. The van der Waals surface area contributed by atoms with Gasteiger partial charge in [0.05, 0.1) is 18.1 Å². The molecule has 0 aliphatic heterocycles. The number of ketones is 1. The van der Waals surface area contributed by atoms with Gasteiger partial charge in [-0.25, -0.2) is 4.45 Å². The molecule has 2 atom stereocenters. The Morgan fingerprint density at radius 1 is 1.45 bits per heavy atom. The van der Waals surface area contributed by atoms with Crippen LogP contribution >= 0.6 is 40.0 Å². The van der Waals surface area contributed by atoms with Gasteiger partial charge in [0.15, 0.2) is 0 Å². The lowest BCUT2D eigenvalue weighted by atomic mass is 9.82. The van der Waals surface area contributed by atoms with Gasteiger partial charge in [-0.1, -0.05) is 31.9 Å². The van der Waals surface area contributed by atoms with Gasteiger partial charge in [-0.15, -0.1) is 0 Å². The molecule has 0 N–H and O–H groups in total. The maximum atomic E-state index is 11.7. The predicted octanol–water partition coefficient (Wildman–Crippen LogP) is 6.12. The highest BCUT2D eigenvalue weighted by atomic mass is 127. The third-order valence-corrected chi connectivity index (χ3v) is 5.93. The first kappa shape index (κ1) is 18.2. The van der Waals surface area contributed by atoms with E-state index in [4.69, 9.17) is 11.6 Å². The van der Waals surface area contributed by atoms with Gasteiger partial charge < -0.3 is 0 Å². The van der Waals surface area contributed by atoms with E-state index in [0.717, 1.165) is 40.8 Å². The molecule has 0 amide bonds. The normalized spacial score (nSPS) is 18.7. The molecule has 1 aromatic carbocycles. The molecule has 22 heavy (non-hydrogen) atoms. The molecule has 1 aliphatic rings. The third kappa shape index (κ3) is 4.01. The maximum Gasteiger partial charge on any atom is 0.133 e. The van der Waals surface area contributed by atoms with Crippen molar-refractivity contribution in [1.29, 1.82) is 0 Å². The van der Waals surface area contributed by atoms with E-state index in [1.54, 1.807) is 0 Å². The second-order valence-electron chi connectivity index (χ2n) is 5.57. The fourth-order valence-corrected chi connectivity index (χ4v) is 4.71. The van der Waals surface area contributed by atoms with Crippen molar-refractivity contribution in [2.75, 3.05) is 0 Å². The maximum absolute atomic E-state index is 11.7. The number of carbonyl (C=O) groups is 1. The summed E-state index contributed by atoms with van der Waals surface area (Å²) in [6.45, 7) is 4.25. The topological polar surface area (TPSA) is 34.9 Å². The second-order valence-corrected chi connectivity index (χ2v) is 8.02. The van der Waals surface area contributed by atoms with Gasteiger partial charge in [-0.2, -0.15) is 5.10 Å². The predicted molar refractivity (Wildman–Crippen MR) is 105 cm³/mol. The van der Waals surface area contributed by atoms with E-state index in [-0.39, 0.29) is 5.92 Å². The molecular weight excluding hydrogens is 430 g/mol. The number of nitrogens with zero attached hydrogens (tertiary/aromatic N) is 2. The number of hydrogen-bond donors (Lipinski definition) is 0. The molecule has 1 aliphatic carbocycles. The van der Waals surface area contributed by atoms with Crippen LogP contribution in [0.2, 0.25) is 5.02 Å². The summed E-state index contributed by atoms with van der Waals surface area (Å²) in [6.07, 6.45) is 7.07. The Kier molecular flexibility index (Phi) is 7.10. The Labute approximate surface area is 151 Å². The molecule has 3 nitrogen and oxygen atoms in total. The summed E-state index contributed by atoms with van der Waals surface area (Å²) in [6, 6.07) is 3.96. The van der Waals surface area contributed by atoms with Crippen molar-refractivity contribution in [1.82, 2.24) is 9.55 Å². The van der Waals surface area contributed by atoms with Gasteiger partial charge >= 0.3 is 0 Å². The zero-order valence-electron chi connectivity index (χ0n) is 12.9. The number of Topliss-reactive ketones (excluding diaryl/α,β-unsaturated/α-hetero) is 1. The van der Waals surface area contributed by atoms with E-state index in [1.165, 1.54) is 6.42 Å². The number of rotatable bonds is 2. The number of hydrogen-bond acceptors (Lipinski definition) is 2. The largest absolute Gasteiger partial charge is 0.300 e. The lowest BCUT2D eigenvalue weighted by Gasteiger charge is -2.22. The van der Waals surface area contributed by atoms with E-state index < -0.39 is 0 Å². The lowest BCUT2D eigenvalue weighted by Crippen LogP contribution is -2.14. The Balaban J connectivity index is 0.000000545. The van der Waals surface area contributed by atoms with Crippen molar-refractivity contribution in [2.24, 2.45) is 0 Å². The SMILES string of the molecule is CCC.O=C1CCCC(c2c(Cl)ccc3c2cnn3PI)C1. The molecule has 1 saturated carbocycles. The highest BCUT2D eigenvalue weighted by Gasteiger charge is 2.25. The first-order chi connectivity index (χ1) is 10.6. The molecule has 2 aromatic rings. The van der Waals surface area contributed by atoms with Crippen LogP contribution in [0, 0.1) is 0 Å². The fourth-order valence-electron chi connectivity index (χ4n) is 2.85. The van der Waals surface area contributed by atoms with Gasteiger partial charge in [0.2, 0.25) is 0 Å². The molecule has 2 unspecified atom stereocenters. The summed E-state index contributed by atoms with van der Waals surface area (Å²) in [5.41, 5.74) is 2.23. The van der Waals surface area contributed by atoms with Crippen LogP contribution in [0.5, 0.6) is 0 Å². The molecule has 0 radical (unpaired) electrons. The first-order valence-electron chi connectivity index (χ1n) is 7.66. The molecule has 1 aromatic heterocycles. The Hall–Kier alpha value is -0.190. The standard InChI is InChI=1S/C13H13ClIN2OP.C3H8/c14-11-4-5-12-10(7-16-17(12)19-15)13(11)8-2-1-3-9(18)6-8;1-3-2/h4-5,7-8,19H,1-3,6H2;3H2,1-2H3. The van der Waals surface area contributed by atoms with Crippen LogP contribution in [0.1, 0.15) is 57.4 Å². The second kappa shape index (κ2) is 8.60. The van der Waals surface area contributed by atoms with E-state index in [0.29, 0.717) is 18.6 Å². The van der Waals surface area contributed by atoms with Gasteiger partial charge in [-0.05, 0) is 58.5 Å². The van der Waals surface area contributed by atoms with Crippen molar-refractivity contribution in [3.8, 4) is 0 Å². The summed E-state index contributed by atoms with van der Waals surface area (Å²) in [4.78, 5) is 11.7. The fraction of sp³-hybridized carbons (Fsp3) is 0.500. The van der Waals surface area contributed by atoms with Crippen molar-refractivity contribution in [2.45, 2.75) is 51.9 Å². The number of halogens is 2. The van der Waals surface area contributed by atoms with E-state index >= 15 is 0 Å². The minimum Gasteiger partial charge on any atom is -0.300 e. The smallest absolute Gasteiger partial charge is 0.133 e. The van der Waals surface area contributed by atoms with Crippen LogP contribution in [0.4, 0.5) is 0 Å². The minimum atomic E-state index is 0.257. The quantitative estimate of drug-likeness (QED) is 0.408. The zero-order chi connectivity index (χ0) is 16.1. The van der Waals surface area contributed by atoms with Gasteiger partial charge in [0, 0.05) is 23.3 Å². The number of aromatic nitrogens is 2. The molecule has 6 heteroatoms. The van der Waals surface area contributed by atoms with Crippen LogP contribution in [0.15, 0.2) is 18.3 Å². The molecule has 0 bridgehead atoms. The van der Waals surface area contributed by atoms with Crippen LogP contribution in [0.3, 0.4) is 0 Å². The summed E-state index contributed by atoms with van der Waals surface area (Å²) in [5, 5.41) is 6.28. The average Bonchev–Trinajstić information content (AvgIpc) is 2.90. The van der Waals surface area contributed by atoms with Crippen LogP contribution < -0.4 is 0 Å². The van der Waals surface area contributed by atoms with Crippen molar-refractivity contribution in [3.05, 3.63) is 28.9 Å². The molecular formula is C16H21ClIN2OP. The van der Waals surface area contributed by atoms with Crippen LogP contribution in [-0.2, 0) is 4.79 Å². The van der Waals surface area contributed by atoms with E-state index in [1.807, 2.05) is 22.8 Å². The Morgan fingerprint density at radius 2 is 2.18 bits per heavy atom. The first-order valence-corrected chi connectivity index (χ1v) is 12.1. The third-order valence-electron chi connectivity index (χ3n) is 3.71. The summed E-state index contributed by atoms with van der Waals surface area (Å²) < 4.78 is 1.99. The van der Waals surface area contributed by atoms with Gasteiger partial charge in [0.25, 0.3) is 0 Å². The minimum absolute atomic E-state index is 0.257. The Morgan fingerprint density at radius 3 is 2.82 bits per heavy atom. The van der Waals surface area contributed by atoms with Crippen molar-refractivity contribution >= 4 is 56.7 Å². The van der Waals surface area contributed by atoms with Gasteiger partial charge in [0.1, 0.15) is 5.78 Å². The number of benzene rings is 1. The van der Waals surface area contributed by atoms with Crippen LogP contribution in [-0.4, -0.2) is 15.3 Å². The van der Waals surface area contributed by atoms with E-state index in [2.05, 4.69) is 41.0 Å². The highest BCUT2D eigenvalue weighted by Crippen LogP contribution is 2.40. The van der Waals surface area contributed by atoms with Gasteiger partial charge in [-0.3, -0.25) is 4.79 Å². The molecule has 1 fully saturated rings. The van der Waals surface area contributed by atoms with Crippen molar-refractivity contribution < 1.29 is 4.79 Å². The summed E-state index contributed by atoms with van der Waals surface area (Å²) in [5.74, 6) is 0.611. The van der Waals surface area contributed by atoms with Crippen molar-refractivity contribution in [3.63, 3.8) is 0 Å². The molecule has 120 valence electrons. The Bertz CT molecular complexity index is 659. The summed E-state index contributed by atoms with van der Waals surface area (Å²) >= 11 is 8.71. The highest BCUT2D eigenvalue weighted by molar-refractivity contribution is 14.2. The van der Waals surface area contributed by atoms with Crippen LogP contribution in [0.25, 0.3) is 10.9 Å². The molecule has 0 spiro atoms. The monoisotopic (exact) mass is 450 g/mol. The number of carbonyl (C=O) groups excluding carboxylic acids is 1. The number of fused-ring (bicyclic) bond motifs is 1. The summed E-state index contributed by atoms with van der Waals surface area (Å²) in [7, 11) is 0. The molecule has 1 heterocycles.